The second-order valence-electron chi connectivity index (χ2n) is 3.85. The van der Waals surface area contributed by atoms with Gasteiger partial charge in [-0.2, -0.15) is 0 Å². The predicted octanol–water partition coefficient (Wildman–Crippen LogP) is 4.43. The van der Waals surface area contributed by atoms with E-state index in [4.69, 9.17) is 0 Å². The van der Waals surface area contributed by atoms with Crippen LogP contribution in [0.3, 0.4) is 0 Å². The van der Waals surface area contributed by atoms with Crippen LogP contribution in [0.5, 0.6) is 0 Å². The van der Waals surface area contributed by atoms with E-state index in [1.54, 1.807) is 6.21 Å². The average molecular weight is 227 g/mol. The number of rotatable bonds is 5. The Labute approximate surface area is 105 Å². The van der Waals surface area contributed by atoms with Gasteiger partial charge in [-0.15, -0.1) is 0 Å². The number of hydrogen-bond donors (Lipinski definition) is 0. The zero-order chi connectivity index (χ0) is 12.7. The van der Waals surface area contributed by atoms with Crippen LogP contribution in [0.2, 0.25) is 0 Å². The molecule has 0 atom stereocenters. The van der Waals surface area contributed by atoms with Crippen LogP contribution < -0.4 is 0 Å². The van der Waals surface area contributed by atoms with Crippen molar-refractivity contribution in [1.82, 2.24) is 0 Å². The molecule has 0 radical (unpaired) electrons. The van der Waals surface area contributed by atoms with Gasteiger partial charge < -0.3 is 0 Å². The summed E-state index contributed by atoms with van der Waals surface area (Å²) in [6, 6.07) is 6.46. The minimum Gasteiger partial charge on any atom is -0.269 e. The fourth-order valence-corrected chi connectivity index (χ4v) is 2.04. The highest BCUT2D eigenvalue weighted by molar-refractivity contribution is 5.77. The van der Waals surface area contributed by atoms with Crippen molar-refractivity contribution in [2.24, 2.45) is 4.99 Å². The maximum absolute atomic E-state index is 4.19. The first-order valence-electron chi connectivity index (χ1n) is 6.19. The van der Waals surface area contributed by atoms with Crippen molar-refractivity contribution >= 4 is 11.8 Å². The third kappa shape index (κ3) is 3.16. The van der Waals surface area contributed by atoms with Crippen molar-refractivity contribution in [3.8, 4) is 0 Å². The highest BCUT2D eigenvalue weighted by Crippen LogP contribution is 2.24. The van der Waals surface area contributed by atoms with Crippen molar-refractivity contribution in [1.29, 1.82) is 0 Å². The Hall–Kier alpha value is -1.63. The minimum atomic E-state index is 1.04. The lowest BCUT2D eigenvalue weighted by Crippen LogP contribution is -1.97. The Balaban J connectivity index is 3.33. The van der Waals surface area contributed by atoms with Crippen molar-refractivity contribution < 1.29 is 0 Å². The van der Waals surface area contributed by atoms with Crippen LogP contribution in [-0.2, 0) is 12.8 Å². The second-order valence-corrected chi connectivity index (χ2v) is 3.85. The molecule has 0 amide bonds. The summed E-state index contributed by atoms with van der Waals surface area (Å²) in [4.78, 5) is 4.19. The van der Waals surface area contributed by atoms with Gasteiger partial charge in [0.2, 0.25) is 0 Å². The van der Waals surface area contributed by atoms with Crippen LogP contribution in [0, 0.1) is 0 Å². The highest BCUT2D eigenvalue weighted by atomic mass is 14.7. The zero-order valence-corrected chi connectivity index (χ0v) is 11.0. The molecular weight excluding hydrogens is 206 g/mol. The molecular formula is C16H21N. The maximum atomic E-state index is 4.19. The van der Waals surface area contributed by atoms with Crippen molar-refractivity contribution in [2.75, 3.05) is 0 Å². The first kappa shape index (κ1) is 13.4. The Morgan fingerprint density at radius 2 is 2.06 bits per heavy atom. The van der Waals surface area contributed by atoms with E-state index < -0.39 is 0 Å². The van der Waals surface area contributed by atoms with E-state index in [2.05, 4.69) is 43.6 Å². The van der Waals surface area contributed by atoms with Gasteiger partial charge in [-0.1, -0.05) is 44.7 Å². The fourth-order valence-electron chi connectivity index (χ4n) is 2.04. The van der Waals surface area contributed by atoms with Crippen molar-refractivity contribution in [3.05, 3.63) is 53.7 Å². The van der Waals surface area contributed by atoms with Gasteiger partial charge in [-0.3, -0.25) is 4.99 Å². The molecule has 0 saturated carbocycles. The van der Waals surface area contributed by atoms with Gasteiger partial charge in [-0.25, -0.2) is 0 Å². The van der Waals surface area contributed by atoms with Crippen LogP contribution >= 0.6 is 0 Å². The van der Waals surface area contributed by atoms with Gasteiger partial charge in [0.1, 0.15) is 0 Å². The second kappa shape index (κ2) is 6.85. The average Bonchev–Trinajstić information content (AvgIpc) is 2.39. The fraction of sp³-hybridized carbons (Fsp3) is 0.312. The Morgan fingerprint density at radius 3 is 2.59 bits per heavy atom. The first-order valence-corrected chi connectivity index (χ1v) is 6.19. The molecule has 0 spiro atoms. The molecule has 0 fully saturated rings. The summed E-state index contributed by atoms with van der Waals surface area (Å²) in [5.74, 6) is 0. The lowest BCUT2D eigenvalue weighted by Gasteiger charge is -2.12. The molecule has 90 valence electrons. The van der Waals surface area contributed by atoms with Gasteiger partial charge in [0, 0.05) is 12.4 Å². The van der Waals surface area contributed by atoms with Crippen LogP contribution in [0.1, 0.15) is 37.5 Å². The topological polar surface area (TPSA) is 12.4 Å². The van der Waals surface area contributed by atoms with Gasteiger partial charge in [0.15, 0.2) is 0 Å². The quantitative estimate of drug-likeness (QED) is 0.521. The van der Waals surface area contributed by atoms with Crippen LogP contribution in [0.15, 0.2) is 42.0 Å². The lowest BCUT2D eigenvalue weighted by molar-refractivity contribution is 1.03. The number of allylic oxidation sites excluding steroid dienone is 2. The first-order chi connectivity index (χ1) is 8.28. The molecule has 0 N–H and O–H groups in total. The SMILES string of the molecule is C=C/C(=C\N=CC)c1cccc(CC)c1CC. The van der Waals surface area contributed by atoms with E-state index >= 15 is 0 Å². The smallest absolute Gasteiger partial charge is 0.0342 e. The summed E-state index contributed by atoms with van der Waals surface area (Å²) in [7, 11) is 0. The normalized spacial score (nSPS) is 12.1. The summed E-state index contributed by atoms with van der Waals surface area (Å²) < 4.78 is 0. The highest BCUT2D eigenvalue weighted by Gasteiger charge is 2.07. The predicted molar refractivity (Wildman–Crippen MR) is 77.5 cm³/mol. The van der Waals surface area contributed by atoms with Gasteiger partial charge in [0.25, 0.3) is 0 Å². The number of aliphatic imine (C=N–C) groups is 1. The Kier molecular flexibility index (Phi) is 5.41. The lowest BCUT2D eigenvalue weighted by atomic mass is 9.93. The minimum absolute atomic E-state index is 1.04. The standard InChI is InChI=1S/C16H21N/c1-5-13-10-9-11-16(15(13)7-3)14(6-2)12-17-8-4/h6,8-12H,2,5,7H2,1,3-4H3/b14-12+,17-8?. The summed E-state index contributed by atoms with van der Waals surface area (Å²) in [5, 5.41) is 0. The summed E-state index contributed by atoms with van der Waals surface area (Å²) in [6.07, 6.45) is 7.65. The van der Waals surface area contributed by atoms with E-state index in [1.807, 2.05) is 19.2 Å². The molecule has 0 aromatic heterocycles. The van der Waals surface area contributed by atoms with E-state index in [9.17, 15) is 0 Å². The summed E-state index contributed by atoms with van der Waals surface area (Å²) >= 11 is 0. The molecule has 0 unspecified atom stereocenters. The molecule has 0 bridgehead atoms. The number of aryl methyl sites for hydroxylation is 1. The third-order valence-corrected chi connectivity index (χ3v) is 2.90. The van der Waals surface area contributed by atoms with Gasteiger partial charge >= 0.3 is 0 Å². The molecule has 0 saturated heterocycles. The number of hydrogen-bond acceptors (Lipinski definition) is 1. The molecule has 1 rings (SSSR count). The van der Waals surface area contributed by atoms with Gasteiger partial charge in [0.05, 0.1) is 0 Å². The molecule has 0 aliphatic carbocycles. The van der Waals surface area contributed by atoms with E-state index in [-0.39, 0.29) is 0 Å². The molecule has 0 aliphatic rings. The molecule has 17 heavy (non-hydrogen) atoms. The number of nitrogens with zero attached hydrogens (tertiary/aromatic N) is 1. The largest absolute Gasteiger partial charge is 0.269 e. The third-order valence-electron chi connectivity index (χ3n) is 2.90. The van der Waals surface area contributed by atoms with Gasteiger partial charge in [-0.05, 0) is 42.0 Å². The monoisotopic (exact) mass is 227 g/mol. The van der Waals surface area contributed by atoms with Crippen LogP contribution in [0.25, 0.3) is 5.57 Å². The summed E-state index contributed by atoms with van der Waals surface area (Å²) in [5.41, 5.74) is 5.17. The zero-order valence-electron chi connectivity index (χ0n) is 11.0. The number of benzene rings is 1. The molecule has 1 aromatic rings. The molecule has 1 heteroatoms. The van der Waals surface area contributed by atoms with Crippen molar-refractivity contribution in [3.63, 3.8) is 0 Å². The Morgan fingerprint density at radius 1 is 1.29 bits per heavy atom. The van der Waals surface area contributed by atoms with Crippen molar-refractivity contribution in [2.45, 2.75) is 33.6 Å². The van der Waals surface area contributed by atoms with E-state index in [0.717, 1.165) is 18.4 Å². The molecule has 0 heterocycles. The van der Waals surface area contributed by atoms with E-state index in [0.29, 0.717) is 0 Å². The summed E-state index contributed by atoms with van der Waals surface area (Å²) in [6.45, 7) is 10.2. The molecule has 0 aliphatic heterocycles. The van der Waals surface area contributed by atoms with Crippen LogP contribution in [0.4, 0.5) is 0 Å². The van der Waals surface area contributed by atoms with E-state index in [1.165, 1.54) is 16.7 Å². The molecule has 1 nitrogen and oxygen atoms in total. The molecule has 1 aromatic carbocycles. The van der Waals surface area contributed by atoms with Crippen LogP contribution in [-0.4, -0.2) is 6.21 Å². The maximum Gasteiger partial charge on any atom is 0.0342 e. The Bertz CT molecular complexity index is 439.